The fraction of sp³-hybridized carbons (Fsp3) is 0.417. The molecule has 0 aliphatic rings. The molecule has 2 aromatic heterocycles. The Labute approximate surface area is 106 Å². The molecule has 0 aliphatic carbocycles. The average molecular weight is 250 g/mol. The number of aromatic amines is 1. The van der Waals surface area contributed by atoms with Crippen molar-refractivity contribution in [2.24, 2.45) is 0 Å². The van der Waals surface area contributed by atoms with Crippen molar-refractivity contribution < 1.29 is 0 Å². The summed E-state index contributed by atoms with van der Waals surface area (Å²) in [5, 5.41) is 12.7. The fourth-order valence-electron chi connectivity index (χ4n) is 1.61. The van der Waals surface area contributed by atoms with Crippen LogP contribution in [-0.2, 0) is 6.54 Å². The standard InChI is InChI=1S/C12H18N4S/c1-16(2)6-5-13-8-10-9-14-15-12(10)11-4-3-7-17-11/h3-4,7,9,13H,5-6,8H2,1-2H3,(H,14,15). The Bertz CT molecular complexity index is 433. The molecule has 0 atom stereocenters. The van der Waals surface area contributed by atoms with E-state index in [9.17, 15) is 0 Å². The summed E-state index contributed by atoms with van der Waals surface area (Å²) >= 11 is 1.73. The van der Waals surface area contributed by atoms with E-state index in [0.717, 1.165) is 25.3 Å². The summed E-state index contributed by atoms with van der Waals surface area (Å²) in [5.41, 5.74) is 2.36. The summed E-state index contributed by atoms with van der Waals surface area (Å²) in [6, 6.07) is 4.17. The Morgan fingerprint density at radius 2 is 2.35 bits per heavy atom. The van der Waals surface area contributed by atoms with Crippen LogP contribution in [0, 0.1) is 0 Å². The lowest BCUT2D eigenvalue weighted by atomic mass is 10.2. The van der Waals surface area contributed by atoms with E-state index >= 15 is 0 Å². The number of H-pyrrole nitrogens is 1. The molecule has 0 spiro atoms. The maximum absolute atomic E-state index is 4.12. The van der Waals surface area contributed by atoms with Crippen LogP contribution in [0.5, 0.6) is 0 Å². The van der Waals surface area contributed by atoms with Crippen molar-refractivity contribution in [3.8, 4) is 10.6 Å². The molecule has 2 heterocycles. The summed E-state index contributed by atoms with van der Waals surface area (Å²) in [6.07, 6.45) is 1.90. The highest BCUT2D eigenvalue weighted by atomic mass is 32.1. The Morgan fingerprint density at radius 1 is 1.47 bits per heavy atom. The van der Waals surface area contributed by atoms with Gasteiger partial charge < -0.3 is 10.2 Å². The molecule has 0 aromatic carbocycles. The zero-order valence-corrected chi connectivity index (χ0v) is 11.0. The van der Waals surface area contributed by atoms with Crippen LogP contribution in [-0.4, -0.2) is 42.3 Å². The number of likely N-dealkylation sites (N-methyl/N-ethyl adjacent to an activating group) is 1. The molecule has 0 unspecified atom stereocenters. The van der Waals surface area contributed by atoms with E-state index in [1.54, 1.807) is 11.3 Å². The van der Waals surface area contributed by atoms with Crippen molar-refractivity contribution in [2.45, 2.75) is 6.54 Å². The van der Waals surface area contributed by atoms with Gasteiger partial charge in [0, 0.05) is 25.2 Å². The number of hydrogen-bond acceptors (Lipinski definition) is 4. The van der Waals surface area contributed by atoms with Gasteiger partial charge in [0.1, 0.15) is 0 Å². The Hall–Kier alpha value is -1.17. The lowest BCUT2D eigenvalue weighted by molar-refractivity contribution is 0.400. The van der Waals surface area contributed by atoms with Crippen molar-refractivity contribution in [1.29, 1.82) is 0 Å². The van der Waals surface area contributed by atoms with Crippen LogP contribution in [0.2, 0.25) is 0 Å². The highest BCUT2D eigenvalue weighted by Crippen LogP contribution is 2.25. The first-order valence-electron chi connectivity index (χ1n) is 5.69. The highest BCUT2D eigenvalue weighted by molar-refractivity contribution is 7.13. The predicted molar refractivity (Wildman–Crippen MR) is 72.2 cm³/mol. The Kier molecular flexibility index (Phi) is 4.30. The summed E-state index contributed by atoms with van der Waals surface area (Å²) < 4.78 is 0. The second kappa shape index (κ2) is 5.95. The van der Waals surface area contributed by atoms with Crippen molar-refractivity contribution in [3.63, 3.8) is 0 Å². The Balaban J connectivity index is 1.91. The quantitative estimate of drug-likeness (QED) is 0.768. The molecule has 0 bridgehead atoms. The first kappa shape index (κ1) is 12.3. The molecule has 17 heavy (non-hydrogen) atoms. The number of hydrogen-bond donors (Lipinski definition) is 2. The van der Waals surface area contributed by atoms with Gasteiger partial charge in [-0.3, -0.25) is 5.10 Å². The van der Waals surface area contributed by atoms with E-state index in [0.29, 0.717) is 0 Å². The van der Waals surface area contributed by atoms with Gasteiger partial charge in [-0.25, -0.2) is 0 Å². The van der Waals surface area contributed by atoms with Crippen LogP contribution < -0.4 is 5.32 Å². The van der Waals surface area contributed by atoms with E-state index in [2.05, 4.69) is 52.0 Å². The van der Waals surface area contributed by atoms with E-state index in [4.69, 9.17) is 0 Å². The van der Waals surface area contributed by atoms with Crippen LogP contribution in [0.25, 0.3) is 10.6 Å². The molecule has 0 saturated carbocycles. The summed E-state index contributed by atoms with van der Waals surface area (Å²) in [4.78, 5) is 3.41. The highest BCUT2D eigenvalue weighted by Gasteiger charge is 2.07. The lowest BCUT2D eigenvalue weighted by Gasteiger charge is -2.10. The molecule has 4 nitrogen and oxygen atoms in total. The molecule has 5 heteroatoms. The SMILES string of the molecule is CN(C)CCNCc1cn[nH]c1-c1cccs1. The van der Waals surface area contributed by atoms with Crippen molar-refractivity contribution >= 4 is 11.3 Å². The van der Waals surface area contributed by atoms with Gasteiger partial charge in [0.2, 0.25) is 0 Å². The number of aromatic nitrogens is 2. The first-order chi connectivity index (χ1) is 8.27. The Morgan fingerprint density at radius 3 is 3.06 bits per heavy atom. The van der Waals surface area contributed by atoms with Crippen LogP contribution in [0.3, 0.4) is 0 Å². The average Bonchev–Trinajstić information content (AvgIpc) is 2.94. The zero-order chi connectivity index (χ0) is 12.1. The molecule has 2 aromatic rings. The minimum absolute atomic E-state index is 0.859. The molecule has 0 aliphatic heterocycles. The first-order valence-corrected chi connectivity index (χ1v) is 6.57. The van der Waals surface area contributed by atoms with Gasteiger partial charge >= 0.3 is 0 Å². The summed E-state index contributed by atoms with van der Waals surface area (Å²) in [6.45, 7) is 2.89. The molecule has 0 radical (unpaired) electrons. The van der Waals surface area contributed by atoms with Crippen LogP contribution in [0.15, 0.2) is 23.7 Å². The maximum atomic E-state index is 4.12. The van der Waals surface area contributed by atoms with Gasteiger partial charge in [0.05, 0.1) is 16.8 Å². The zero-order valence-electron chi connectivity index (χ0n) is 10.2. The second-order valence-electron chi connectivity index (χ2n) is 4.23. The topological polar surface area (TPSA) is 44.0 Å². The van der Waals surface area contributed by atoms with E-state index < -0.39 is 0 Å². The van der Waals surface area contributed by atoms with Gasteiger partial charge in [-0.15, -0.1) is 11.3 Å². The maximum Gasteiger partial charge on any atom is 0.0794 e. The minimum Gasteiger partial charge on any atom is -0.311 e. The third-order valence-corrected chi connectivity index (χ3v) is 3.42. The summed E-state index contributed by atoms with van der Waals surface area (Å²) in [5.74, 6) is 0. The van der Waals surface area contributed by atoms with E-state index in [-0.39, 0.29) is 0 Å². The van der Waals surface area contributed by atoms with Crippen molar-refractivity contribution in [1.82, 2.24) is 20.4 Å². The minimum atomic E-state index is 0.859. The van der Waals surface area contributed by atoms with Gasteiger partial charge in [-0.05, 0) is 25.5 Å². The molecule has 2 rings (SSSR count). The molecule has 0 saturated heterocycles. The predicted octanol–water partition coefficient (Wildman–Crippen LogP) is 1.79. The molecule has 0 fully saturated rings. The normalized spacial score (nSPS) is 11.2. The summed E-state index contributed by atoms with van der Waals surface area (Å²) in [7, 11) is 4.16. The van der Waals surface area contributed by atoms with Crippen LogP contribution in [0.4, 0.5) is 0 Å². The largest absolute Gasteiger partial charge is 0.311 e. The van der Waals surface area contributed by atoms with E-state index in [1.165, 1.54) is 10.4 Å². The number of thiophene rings is 1. The molecule has 92 valence electrons. The number of nitrogens with one attached hydrogen (secondary N) is 2. The molecule has 0 amide bonds. The number of nitrogens with zero attached hydrogens (tertiary/aromatic N) is 2. The van der Waals surface area contributed by atoms with Crippen molar-refractivity contribution in [3.05, 3.63) is 29.3 Å². The molecular formula is C12H18N4S. The van der Waals surface area contributed by atoms with Crippen molar-refractivity contribution in [2.75, 3.05) is 27.2 Å². The van der Waals surface area contributed by atoms with Gasteiger partial charge in [-0.1, -0.05) is 6.07 Å². The van der Waals surface area contributed by atoms with Gasteiger partial charge in [0.15, 0.2) is 0 Å². The third kappa shape index (κ3) is 3.39. The molecular weight excluding hydrogens is 232 g/mol. The van der Waals surface area contributed by atoms with Crippen LogP contribution in [0.1, 0.15) is 5.56 Å². The second-order valence-corrected chi connectivity index (χ2v) is 5.18. The van der Waals surface area contributed by atoms with E-state index in [1.807, 2.05) is 6.20 Å². The smallest absolute Gasteiger partial charge is 0.0794 e. The van der Waals surface area contributed by atoms with Gasteiger partial charge in [-0.2, -0.15) is 5.10 Å². The van der Waals surface area contributed by atoms with Gasteiger partial charge in [0.25, 0.3) is 0 Å². The third-order valence-electron chi connectivity index (χ3n) is 2.54. The molecule has 2 N–H and O–H groups in total. The lowest BCUT2D eigenvalue weighted by Crippen LogP contribution is -2.26. The monoisotopic (exact) mass is 250 g/mol. The fourth-order valence-corrected chi connectivity index (χ4v) is 2.36. The van der Waals surface area contributed by atoms with Crippen LogP contribution >= 0.6 is 11.3 Å². The number of rotatable bonds is 6.